The van der Waals surface area contributed by atoms with E-state index in [1.807, 2.05) is 6.08 Å². The van der Waals surface area contributed by atoms with Crippen molar-refractivity contribution >= 4 is 13.9 Å². The fourth-order valence-corrected chi connectivity index (χ4v) is 2.98. The molecule has 0 atom stereocenters. The Balaban J connectivity index is 3.15. The molecule has 0 fully saturated rings. The molecule has 0 amide bonds. The lowest BCUT2D eigenvalue weighted by Gasteiger charge is -2.31. The first-order valence-corrected chi connectivity index (χ1v) is 8.42. The van der Waals surface area contributed by atoms with Crippen molar-refractivity contribution in [3.8, 4) is 0 Å². The van der Waals surface area contributed by atoms with Crippen LogP contribution in [0.25, 0.3) is 0 Å². The topological polar surface area (TPSA) is 35.5 Å². The summed E-state index contributed by atoms with van der Waals surface area (Å²) in [6.45, 7) is 6.39. The molecule has 0 aromatic rings. The monoisotopic (exact) mass is 226 g/mol. The van der Waals surface area contributed by atoms with E-state index in [2.05, 4.69) is 19.6 Å². The zero-order valence-corrected chi connectivity index (χ0v) is 11.0. The van der Waals surface area contributed by atoms with Gasteiger partial charge in [0.25, 0.3) is 0 Å². The van der Waals surface area contributed by atoms with E-state index < -0.39 is 13.9 Å². The smallest absolute Gasteiger partial charge is 0.208 e. The molecular formula is C11H18O3Si. The first-order chi connectivity index (χ1) is 6.84. The van der Waals surface area contributed by atoms with Crippen LogP contribution in [0.4, 0.5) is 0 Å². The summed E-state index contributed by atoms with van der Waals surface area (Å²) >= 11 is 0. The highest BCUT2D eigenvalue weighted by molar-refractivity contribution is 6.87. The maximum absolute atomic E-state index is 11.7. The largest absolute Gasteiger partial charge is 0.346 e. The molecular weight excluding hydrogens is 208 g/mol. The van der Waals surface area contributed by atoms with Crippen LogP contribution in [-0.2, 0) is 14.3 Å². The molecule has 0 aliphatic heterocycles. The molecule has 1 aliphatic rings. The number of carbonyl (C=O) groups is 1. The van der Waals surface area contributed by atoms with Gasteiger partial charge in [-0.2, -0.15) is 0 Å². The number of hydrogen-bond donors (Lipinski definition) is 0. The minimum Gasteiger partial charge on any atom is -0.346 e. The molecule has 84 valence electrons. The molecule has 15 heavy (non-hydrogen) atoms. The second-order valence-corrected chi connectivity index (χ2v) is 9.67. The van der Waals surface area contributed by atoms with E-state index in [1.165, 1.54) is 0 Å². The molecule has 0 aromatic heterocycles. The van der Waals surface area contributed by atoms with Gasteiger partial charge in [-0.15, -0.1) is 0 Å². The summed E-state index contributed by atoms with van der Waals surface area (Å²) in [5.41, 5.74) is 0. The van der Waals surface area contributed by atoms with Gasteiger partial charge in [0.1, 0.15) is 0 Å². The van der Waals surface area contributed by atoms with Crippen molar-refractivity contribution in [2.24, 2.45) is 0 Å². The molecule has 0 bridgehead atoms. The maximum atomic E-state index is 11.7. The van der Waals surface area contributed by atoms with Gasteiger partial charge in [-0.3, -0.25) is 4.79 Å². The van der Waals surface area contributed by atoms with Crippen molar-refractivity contribution in [2.45, 2.75) is 25.4 Å². The Morgan fingerprint density at radius 2 is 1.73 bits per heavy atom. The molecule has 0 heterocycles. The van der Waals surface area contributed by atoms with Gasteiger partial charge in [-0.05, 0) is 23.4 Å². The van der Waals surface area contributed by atoms with E-state index in [0.29, 0.717) is 0 Å². The lowest BCUT2D eigenvalue weighted by Crippen LogP contribution is -2.38. The second kappa shape index (κ2) is 4.04. The highest BCUT2D eigenvalue weighted by atomic mass is 28.3. The number of hydrogen-bond acceptors (Lipinski definition) is 3. The molecule has 0 saturated heterocycles. The van der Waals surface area contributed by atoms with Crippen LogP contribution in [0.15, 0.2) is 23.4 Å². The number of carbonyl (C=O) groups excluding carboxylic acids is 1. The number of rotatable bonds is 3. The van der Waals surface area contributed by atoms with E-state index in [4.69, 9.17) is 9.47 Å². The predicted octanol–water partition coefficient (Wildman–Crippen LogP) is 1.92. The molecule has 4 heteroatoms. The van der Waals surface area contributed by atoms with Crippen LogP contribution in [0.1, 0.15) is 0 Å². The van der Waals surface area contributed by atoms with Crippen LogP contribution >= 0.6 is 0 Å². The minimum atomic E-state index is -1.64. The first kappa shape index (κ1) is 12.4. The summed E-state index contributed by atoms with van der Waals surface area (Å²) in [6.07, 6.45) is 5.00. The Bertz CT molecular complexity index is 319. The van der Waals surface area contributed by atoms with Crippen LogP contribution < -0.4 is 0 Å². The molecule has 3 nitrogen and oxygen atoms in total. The van der Waals surface area contributed by atoms with Gasteiger partial charge >= 0.3 is 0 Å². The Labute approximate surface area is 91.8 Å². The zero-order valence-electron chi connectivity index (χ0n) is 9.96. The zero-order chi connectivity index (χ0) is 11.7. The summed E-state index contributed by atoms with van der Waals surface area (Å²) < 4.78 is 10.6. The average Bonchev–Trinajstić information content (AvgIpc) is 2.18. The lowest BCUT2D eigenvalue weighted by atomic mass is 10.1. The number of ether oxygens (including phenoxy) is 2. The minimum absolute atomic E-state index is 0.0823. The third-order valence-corrected chi connectivity index (χ3v) is 4.53. The van der Waals surface area contributed by atoms with E-state index in [0.717, 1.165) is 5.20 Å². The summed E-state index contributed by atoms with van der Waals surface area (Å²) in [4.78, 5) is 11.7. The lowest BCUT2D eigenvalue weighted by molar-refractivity contribution is -0.136. The van der Waals surface area contributed by atoms with Crippen LogP contribution in [0.5, 0.6) is 0 Å². The second-order valence-electron chi connectivity index (χ2n) is 4.64. The van der Waals surface area contributed by atoms with Crippen molar-refractivity contribution in [3.05, 3.63) is 23.4 Å². The van der Waals surface area contributed by atoms with Crippen molar-refractivity contribution in [3.63, 3.8) is 0 Å². The van der Waals surface area contributed by atoms with Gasteiger partial charge < -0.3 is 9.47 Å². The first-order valence-electron chi connectivity index (χ1n) is 4.92. The van der Waals surface area contributed by atoms with Gasteiger partial charge in [-0.1, -0.05) is 19.6 Å². The van der Waals surface area contributed by atoms with Crippen LogP contribution in [-0.4, -0.2) is 33.9 Å². The Morgan fingerprint density at radius 3 is 2.13 bits per heavy atom. The van der Waals surface area contributed by atoms with Crippen molar-refractivity contribution in [1.29, 1.82) is 0 Å². The van der Waals surface area contributed by atoms with Crippen molar-refractivity contribution in [2.75, 3.05) is 14.2 Å². The van der Waals surface area contributed by atoms with Crippen molar-refractivity contribution in [1.82, 2.24) is 0 Å². The third kappa shape index (κ3) is 2.45. The SMILES string of the molecule is COC1(OC)C=CC(=O)C([Si](C)(C)C)=C1. The Kier molecular flexibility index (Phi) is 3.33. The van der Waals surface area contributed by atoms with Crippen LogP contribution in [0, 0.1) is 0 Å². The van der Waals surface area contributed by atoms with Crippen LogP contribution in [0.2, 0.25) is 19.6 Å². The highest BCUT2D eigenvalue weighted by Crippen LogP contribution is 2.27. The number of ketones is 1. The molecule has 0 radical (unpaired) electrons. The number of methoxy groups -OCH3 is 2. The highest BCUT2D eigenvalue weighted by Gasteiger charge is 2.34. The van der Waals surface area contributed by atoms with Gasteiger partial charge in [0.15, 0.2) is 5.78 Å². The standard InChI is InChI=1S/C11H18O3Si/c1-13-11(14-2)7-6-9(12)10(8-11)15(3,4)5/h6-8H,1-5H3. The summed E-state index contributed by atoms with van der Waals surface area (Å²) in [5, 5.41) is 0.855. The molecule has 0 aromatic carbocycles. The predicted molar refractivity (Wildman–Crippen MR) is 62.3 cm³/mol. The van der Waals surface area contributed by atoms with E-state index >= 15 is 0 Å². The fourth-order valence-electron chi connectivity index (χ4n) is 1.53. The normalized spacial score (nSPS) is 20.3. The number of allylic oxidation sites excluding steroid dienone is 2. The Morgan fingerprint density at radius 1 is 1.20 bits per heavy atom. The summed E-state index contributed by atoms with van der Waals surface area (Å²) in [7, 11) is 1.50. The van der Waals surface area contributed by atoms with E-state index in [-0.39, 0.29) is 5.78 Å². The van der Waals surface area contributed by atoms with E-state index in [9.17, 15) is 4.79 Å². The molecule has 0 N–H and O–H groups in total. The third-order valence-electron chi connectivity index (χ3n) is 2.52. The molecule has 1 rings (SSSR count). The van der Waals surface area contributed by atoms with Crippen LogP contribution in [0.3, 0.4) is 0 Å². The van der Waals surface area contributed by atoms with E-state index in [1.54, 1.807) is 26.4 Å². The van der Waals surface area contributed by atoms with Gasteiger partial charge in [0, 0.05) is 14.2 Å². The summed E-state index contributed by atoms with van der Waals surface area (Å²) in [6, 6.07) is 0. The average molecular weight is 226 g/mol. The molecule has 1 aliphatic carbocycles. The molecule has 0 saturated carbocycles. The van der Waals surface area contributed by atoms with Gasteiger partial charge in [0.05, 0.1) is 8.07 Å². The molecule has 0 spiro atoms. The molecule has 0 unspecified atom stereocenters. The van der Waals surface area contributed by atoms with Gasteiger partial charge in [0.2, 0.25) is 5.79 Å². The Hall–Kier alpha value is -0.713. The fraction of sp³-hybridized carbons (Fsp3) is 0.545. The summed E-state index contributed by atoms with van der Waals surface area (Å²) in [5.74, 6) is -0.775. The van der Waals surface area contributed by atoms with Gasteiger partial charge in [-0.25, -0.2) is 0 Å². The maximum Gasteiger partial charge on any atom is 0.208 e. The quantitative estimate of drug-likeness (QED) is 0.545. The van der Waals surface area contributed by atoms with Crippen molar-refractivity contribution < 1.29 is 14.3 Å².